The zero-order chi connectivity index (χ0) is 16.4. The number of aliphatic hydroxyl groups is 2. The number of nitrogens with zero attached hydrogens (tertiary/aromatic N) is 2. The van der Waals surface area contributed by atoms with Gasteiger partial charge in [-0.05, 0) is 30.9 Å². The predicted octanol–water partition coefficient (Wildman–Crippen LogP) is 1.46. The lowest BCUT2D eigenvalue weighted by Crippen LogP contribution is -2.37. The Morgan fingerprint density at radius 2 is 2.04 bits per heavy atom. The van der Waals surface area contributed by atoms with Crippen molar-refractivity contribution < 1.29 is 15.0 Å². The molecule has 0 aliphatic carbocycles. The van der Waals surface area contributed by atoms with Crippen LogP contribution in [0.4, 0.5) is 0 Å². The Bertz CT molecular complexity index is 709. The average molecular weight is 316 g/mol. The molecule has 1 unspecified atom stereocenters. The van der Waals surface area contributed by atoms with Gasteiger partial charge in [0.1, 0.15) is 0 Å². The Kier molecular flexibility index (Phi) is 4.41. The van der Waals surface area contributed by atoms with Crippen LogP contribution in [0.15, 0.2) is 30.5 Å². The first-order valence-corrected chi connectivity index (χ1v) is 8.16. The van der Waals surface area contributed by atoms with Crippen molar-refractivity contribution in [1.29, 1.82) is 0 Å². The number of aliphatic hydroxyl groups excluding tert-OH is 1. The molecule has 2 heterocycles. The van der Waals surface area contributed by atoms with Crippen LogP contribution in [0.5, 0.6) is 0 Å². The van der Waals surface area contributed by atoms with Crippen LogP contribution in [0.1, 0.15) is 24.8 Å². The third-order valence-corrected chi connectivity index (χ3v) is 4.89. The van der Waals surface area contributed by atoms with Crippen LogP contribution in [0.25, 0.3) is 10.9 Å². The Morgan fingerprint density at radius 3 is 2.83 bits per heavy atom. The van der Waals surface area contributed by atoms with Gasteiger partial charge in [-0.2, -0.15) is 0 Å². The summed E-state index contributed by atoms with van der Waals surface area (Å²) in [6.07, 6.45) is 4.09. The van der Waals surface area contributed by atoms with Gasteiger partial charge in [0.2, 0.25) is 5.91 Å². The maximum atomic E-state index is 12.6. The van der Waals surface area contributed by atoms with Crippen LogP contribution in [0.3, 0.4) is 0 Å². The van der Waals surface area contributed by atoms with E-state index in [0.29, 0.717) is 32.4 Å². The van der Waals surface area contributed by atoms with Crippen LogP contribution in [0, 0.1) is 0 Å². The molecule has 0 spiro atoms. The second-order valence-electron chi connectivity index (χ2n) is 6.58. The largest absolute Gasteiger partial charge is 0.393 e. The average Bonchev–Trinajstić information content (AvgIpc) is 2.74. The molecule has 1 saturated heterocycles. The second kappa shape index (κ2) is 6.34. The molecule has 3 rings (SSSR count). The zero-order valence-electron chi connectivity index (χ0n) is 13.5. The fraction of sp³-hybridized carbons (Fsp3) is 0.500. The summed E-state index contributed by atoms with van der Waals surface area (Å²) < 4.78 is 2.05. The van der Waals surface area contributed by atoms with Crippen molar-refractivity contribution in [3.63, 3.8) is 0 Å². The van der Waals surface area contributed by atoms with Gasteiger partial charge in [-0.3, -0.25) is 4.79 Å². The first-order valence-electron chi connectivity index (χ1n) is 8.16. The molecule has 2 N–H and O–H groups in total. The number of carbonyl (C=O) groups is 1. The summed E-state index contributed by atoms with van der Waals surface area (Å²) >= 11 is 0. The van der Waals surface area contributed by atoms with Crippen molar-refractivity contribution in [3.05, 3.63) is 36.0 Å². The van der Waals surface area contributed by atoms with Crippen molar-refractivity contribution in [3.8, 4) is 0 Å². The maximum Gasteiger partial charge on any atom is 0.227 e. The van der Waals surface area contributed by atoms with Gasteiger partial charge >= 0.3 is 0 Å². The molecule has 1 aromatic carbocycles. The van der Waals surface area contributed by atoms with E-state index in [1.807, 2.05) is 40.9 Å². The van der Waals surface area contributed by atoms with E-state index in [9.17, 15) is 15.0 Å². The van der Waals surface area contributed by atoms with Gasteiger partial charge in [0, 0.05) is 37.2 Å². The number of para-hydroxylation sites is 1. The van der Waals surface area contributed by atoms with Gasteiger partial charge in [0.25, 0.3) is 0 Å². The van der Waals surface area contributed by atoms with Crippen molar-refractivity contribution in [1.82, 2.24) is 9.47 Å². The van der Waals surface area contributed by atoms with Gasteiger partial charge in [-0.25, -0.2) is 0 Å². The molecule has 23 heavy (non-hydrogen) atoms. The number of hydrogen-bond donors (Lipinski definition) is 2. The summed E-state index contributed by atoms with van der Waals surface area (Å²) in [5.74, 6) is 0.0866. The van der Waals surface area contributed by atoms with Gasteiger partial charge in [0.05, 0.1) is 18.6 Å². The Balaban J connectivity index is 1.74. The topological polar surface area (TPSA) is 65.7 Å². The molecular formula is C18H24N2O3. The molecule has 1 aliphatic rings. The minimum Gasteiger partial charge on any atom is -0.393 e. The number of aryl methyl sites for hydroxylation is 1. The van der Waals surface area contributed by atoms with Crippen molar-refractivity contribution in [2.75, 3.05) is 19.7 Å². The van der Waals surface area contributed by atoms with Crippen LogP contribution in [-0.4, -0.2) is 50.9 Å². The van der Waals surface area contributed by atoms with E-state index in [1.165, 1.54) is 0 Å². The van der Waals surface area contributed by atoms with E-state index in [-0.39, 0.29) is 12.5 Å². The van der Waals surface area contributed by atoms with Gasteiger partial charge in [-0.15, -0.1) is 0 Å². The number of likely N-dealkylation sites (tertiary alicyclic amines) is 1. The van der Waals surface area contributed by atoms with Crippen LogP contribution < -0.4 is 0 Å². The highest BCUT2D eigenvalue weighted by Crippen LogP contribution is 2.24. The minimum atomic E-state index is -1.03. The molecule has 5 heteroatoms. The van der Waals surface area contributed by atoms with Crippen LogP contribution >= 0.6 is 0 Å². The molecule has 2 aromatic rings. The lowest BCUT2D eigenvalue weighted by Gasteiger charge is -2.24. The molecule has 1 aromatic heterocycles. The molecule has 124 valence electrons. The highest BCUT2D eigenvalue weighted by Gasteiger charge is 2.30. The molecule has 1 fully saturated rings. The first kappa shape index (κ1) is 16.0. The van der Waals surface area contributed by atoms with E-state index in [2.05, 4.69) is 6.07 Å². The van der Waals surface area contributed by atoms with Gasteiger partial charge in [0.15, 0.2) is 0 Å². The maximum absolute atomic E-state index is 12.6. The molecule has 1 aliphatic heterocycles. The normalized spacial score (nSPS) is 22.3. The molecule has 1 atom stereocenters. The van der Waals surface area contributed by atoms with E-state index in [1.54, 1.807) is 0 Å². The summed E-state index contributed by atoms with van der Waals surface area (Å²) in [5.41, 5.74) is 1.13. The van der Waals surface area contributed by atoms with Crippen LogP contribution in [-0.2, 0) is 18.3 Å². The Hall–Kier alpha value is -1.85. The fourth-order valence-electron chi connectivity index (χ4n) is 3.43. The number of aromatic nitrogens is 1. The number of amides is 1. The van der Waals surface area contributed by atoms with E-state index in [4.69, 9.17) is 0 Å². The third kappa shape index (κ3) is 3.26. The minimum absolute atomic E-state index is 0.0866. The molecule has 5 nitrogen and oxygen atoms in total. The lowest BCUT2D eigenvalue weighted by atomic mass is 9.96. The lowest BCUT2D eigenvalue weighted by molar-refractivity contribution is -0.130. The summed E-state index contributed by atoms with van der Waals surface area (Å²) in [4.78, 5) is 14.5. The van der Waals surface area contributed by atoms with E-state index < -0.39 is 5.60 Å². The molecule has 1 amide bonds. The summed E-state index contributed by atoms with van der Waals surface area (Å²) in [6.45, 7) is 0.908. The molecule has 0 saturated carbocycles. The van der Waals surface area contributed by atoms with Crippen molar-refractivity contribution in [2.45, 2.75) is 31.3 Å². The number of fused-ring (bicyclic) bond motifs is 1. The fourth-order valence-corrected chi connectivity index (χ4v) is 3.43. The van der Waals surface area contributed by atoms with E-state index in [0.717, 1.165) is 22.9 Å². The second-order valence-corrected chi connectivity index (χ2v) is 6.58. The smallest absolute Gasteiger partial charge is 0.227 e. The quantitative estimate of drug-likeness (QED) is 0.901. The Labute approximate surface area is 136 Å². The SMILES string of the molecule is Cn1cc(CC(=O)N2CCCC(O)(CO)CC2)c2ccccc21. The summed E-state index contributed by atoms with van der Waals surface area (Å²) in [7, 11) is 1.99. The zero-order valence-corrected chi connectivity index (χ0v) is 13.5. The number of rotatable bonds is 3. The van der Waals surface area contributed by atoms with Gasteiger partial charge < -0.3 is 19.7 Å². The molecular weight excluding hydrogens is 292 g/mol. The standard InChI is InChI=1S/C18H24N2O3/c1-19-12-14(15-5-2-3-6-16(15)19)11-17(22)20-9-4-7-18(23,13-21)8-10-20/h2-3,5-6,12,21,23H,4,7-11,13H2,1H3. The predicted molar refractivity (Wildman–Crippen MR) is 89.1 cm³/mol. The third-order valence-electron chi connectivity index (χ3n) is 4.89. The number of hydrogen-bond acceptors (Lipinski definition) is 3. The van der Waals surface area contributed by atoms with Crippen LogP contribution in [0.2, 0.25) is 0 Å². The highest BCUT2D eigenvalue weighted by molar-refractivity contribution is 5.89. The number of carbonyl (C=O) groups excluding carboxylic acids is 1. The van der Waals surface area contributed by atoms with Crippen molar-refractivity contribution in [2.24, 2.45) is 7.05 Å². The van der Waals surface area contributed by atoms with E-state index >= 15 is 0 Å². The molecule has 0 bridgehead atoms. The van der Waals surface area contributed by atoms with Gasteiger partial charge in [-0.1, -0.05) is 18.2 Å². The monoisotopic (exact) mass is 316 g/mol. The summed E-state index contributed by atoms with van der Waals surface area (Å²) in [5, 5.41) is 20.6. The first-order chi connectivity index (χ1) is 11.0. The van der Waals surface area contributed by atoms with Crippen molar-refractivity contribution >= 4 is 16.8 Å². The highest BCUT2D eigenvalue weighted by atomic mass is 16.3. The number of benzene rings is 1. The Morgan fingerprint density at radius 1 is 1.26 bits per heavy atom. The summed E-state index contributed by atoms with van der Waals surface area (Å²) in [6, 6.07) is 8.09. The molecule has 0 radical (unpaired) electrons.